The molecular formula is C15H15Cl2N3O. The number of anilines is 1. The number of ether oxygens (including phenoxy) is 1. The maximum Gasteiger partial charge on any atom is 0.154 e. The molecule has 3 rings (SSSR count). The zero-order valence-electron chi connectivity index (χ0n) is 11.1. The standard InChI is InChI=1S/C15H13N3O.2ClH/c16-15-13-9-5-4-8-12(13)14(17-18-15)10-19-11-6-2-1-3-7-11;;/h1-9H,10H2,(H2,16,18);2*1H. The Bertz CT molecular complexity index is 708. The molecule has 1 heterocycles. The van der Waals surface area contributed by atoms with Gasteiger partial charge in [-0.15, -0.1) is 35.0 Å². The molecule has 0 bridgehead atoms. The van der Waals surface area contributed by atoms with Crippen LogP contribution >= 0.6 is 24.8 Å². The van der Waals surface area contributed by atoms with Gasteiger partial charge in [0.25, 0.3) is 0 Å². The van der Waals surface area contributed by atoms with Crippen LogP contribution in [-0.2, 0) is 6.61 Å². The summed E-state index contributed by atoms with van der Waals surface area (Å²) in [6.45, 7) is 0.373. The van der Waals surface area contributed by atoms with Crippen LogP contribution in [0.25, 0.3) is 10.8 Å². The van der Waals surface area contributed by atoms with Crippen LogP contribution in [-0.4, -0.2) is 10.2 Å². The summed E-state index contributed by atoms with van der Waals surface area (Å²) >= 11 is 0. The van der Waals surface area contributed by atoms with Crippen LogP contribution in [0.4, 0.5) is 5.82 Å². The molecule has 0 saturated heterocycles. The average molecular weight is 324 g/mol. The van der Waals surface area contributed by atoms with E-state index < -0.39 is 0 Å². The number of fused-ring (bicyclic) bond motifs is 1. The first kappa shape index (κ1) is 17.0. The van der Waals surface area contributed by atoms with Crippen molar-refractivity contribution in [2.45, 2.75) is 6.61 Å². The van der Waals surface area contributed by atoms with Crippen LogP contribution in [0, 0.1) is 0 Å². The Labute approximate surface area is 135 Å². The van der Waals surface area contributed by atoms with Gasteiger partial charge in [0.15, 0.2) is 5.82 Å². The molecule has 0 saturated carbocycles. The zero-order chi connectivity index (χ0) is 13.1. The summed E-state index contributed by atoms with van der Waals surface area (Å²) in [7, 11) is 0. The Morgan fingerprint density at radius 1 is 0.810 bits per heavy atom. The van der Waals surface area contributed by atoms with Crippen LogP contribution in [0.5, 0.6) is 5.75 Å². The van der Waals surface area contributed by atoms with Gasteiger partial charge in [-0.25, -0.2) is 0 Å². The summed E-state index contributed by atoms with van der Waals surface area (Å²) in [6.07, 6.45) is 0. The summed E-state index contributed by atoms with van der Waals surface area (Å²) in [4.78, 5) is 0. The van der Waals surface area contributed by atoms with Crippen molar-refractivity contribution in [3.63, 3.8) is 0 Å². The second-order valence-corrected chi connectivity index (χ2v) is 4.18. The number of nitrogens with zero attached hydrogens (tertiary/aromatic N) is 2. The van der Waals surface area contributed by atoms with Crippen LogP contribution in [0.15, 0.2) is 54.6 Å². The predicted octanol–water partition coefficient (Wildman–Crippen LogP) is 3.63. The molecule has 6 heteroatoms. The highest BCUT2D eigenvalue weighted by atomic mass is 35.5. The van der Waals surface area contributed by atoms with E-state index in [0.29, 0.717) is 12.4 Å². The van der Waals surface area contributed by atoms with Crippen molar-refractivity contribution in [2.75, 3.05) is 5.73 Å². The second kappa shape index (κ2) is 7.67. The fourth-order valence-corrected chi connectivity index (χ4v) is 1.96. The smallest absolute Gasteiger partial charge is 0.154 e. The Morgan fingerprint density at radius 2 is 1.43 bits per heavy atom. The van der Waals surface area contributed by atoms with Gasteiger partial charge in [0, 0.05) is 10.8 Å². The van der Waals surface area contributed by atoms with Crippen molar-refractivity contribution in [1.82, 2.24) is 10.2 Å². The average Bonchev–Trinajstić information content (AvgIpc) is 2.48. The number of aromatic nitrogens is 2. The first-order chi connectivity index (χ1) is 9.34. The minimum atomic E-state index is 0. The molecule has 0 amide bonds. The molecule has 110 valence electrons. The highest BCUT2D eigenvalue weighted by Gasteiger charge is 2.07. The largest absolute Gasteiger partial charge is 0.487 e. The molecule has 0 radical (unpaired) electrons. The van der Waals surface area contributed by atoms with Crippen LogP contribution in [0.1, 0.15) is 5.69 Å². The van der Waals surface area contributed by atoms with Crippen molar-refractivity contribution < 1.29 is 4.74 Å². The van der Waals surface area contributed by atoms with Gasteiger partial charge >= 0.3 is 0 Å². The zero-order valence-corrected chi connectivity index (χ0v) is 12.7. The fraction of sp³-hybridized carbons (Fsp3) is 0.0667. The van der Waals surface area contributed by atoms with Crippen LogP contribution in [0.3, 0.4) is 0 Å². The van der Waals surface area contributed by atoms with Crippen molar-refractivity contribution in [2.24, 2.45) is 0 Å². The number of rotatable bonds is 3. The van der Waals surface area contributed by atoms with Crippen molar-refractivity contribution in [3.8, 4) is 5.75 Å². The van der Waals surface area contributed by atoms with Crippen molar-refractivity contribution in [3.05, 3.63) is 60.3 Å². The lowest BCUT2D eigenvalue weighted by atomic mass is 10.1. The summed E-state index contributed by atoms with van der Waals surface area (Å²) in [5, 5.41) is 9.97. The molecule has 0 unspecified atom stereocenters. The molecule has 0 fully saturated rings. The molecular weight excluding hydrogens is 309 g/mol. The summed E-state index contributed by atoms with van der Waals surface area (Å²) in [5.41, 5.74) is 6.60. The van der Waals surface area contributed by atoms with Crippen molar-refractivity contribution in [1.29, 1.82) is 0 Å². The molecule has 2 aromatic carbocycles. The highest BCUT2D eigenvalue weighted by molar-refractivity contribution is 5.91. The van der Waals surface area contributed by atoms with E-state index in [1.54, 1.807) is 0 Å². The van der Waals surface area contributed by atoms with Gasteiger partial charge in [0.1, 0.15) is 18.1 Å². The third-order valence-corrected chi connectivity index (χ3v) is 2.91. The summed E-state index contributed by atoms with van der Waals surface area (Å²) < 4.78 is 5.70. The summed E-state index contributed by atoms with van der Waals surface area (Å²) in [6, 6.07) is 17.4. The molecule has 3 aromatic rings. The van der Waals surface area contributed by atoms with Gasteiger partial charge in [-0.05, 0) is 12.1 Å². The normalized spacial score (nSPS) is 9.52. The van der Waals surface area contributed by atoms with E-state index in [4.69, 9.17) is 10.5 Å². The van der Waals surface area contributed by atoms with Gasteiger partial charge < -0.3 is 10.5 Å². The van der Waals surface area contributed by atoms with Crippen LogP contribution < -0.4 is 10.5 Å². The number of nitrogens with two attached hydrogens (primary N) is 1. The maximum atomic E-state index is 5.82. The Hall–Kier alpha value is -2.04. The Balaban J connectivity index is 0.00000110. The monoisotopic (exact) mass is 323 g/mol. The van der Waals surface area contributed by atoms with E-state index in [1.165, 1.54) is 0 Å². The third-order valence-electron chi connectivity index (χ3n) is 2.91. The number of hydrogen-bond donors (Lipinski definition) is 1. The SMILES string of the molecule is Cl.Cl.Nc1nnc(COc2ccccc2)c2ccccc12. The number of nitrogen functional groups attached to an aromatic ring is 1. The van der Waals surface area contributed by atoms with E-state index in [0.717, 1.165) is 22.2 Å². The van der Waals surface area contributed by atoms with E-state index >= 15 is 0 Å². The fourth-order valence-electron chi connectivity index (χ4n) is 1.96. The topological polar surface area (TPSA) is 61.0 Å². The van der Waals surface area contributed by atoms with E-state index in [2.05, 4.69) is 10.2 Å². The van der Waals surface area contributed by atoms with Crippen molar-refractivity contribution >= 4 is 41.4 Å². The lowest BCUT2D eigenvalue weighted by Gasteiger charge is -2.08. The van der Waals surface area contributed by atoms with E-state index in [1.807, 2.05) is 54.6 Å². The first-order valence-corrected chi connectivity index (χ1v) is 6.02. The second-order valence-electron chi connectivity index (χ2n) is 4.18. The van der Waals surface area contributed by atoms with Gasteiger partial charge in [-0.3, -0.25) is 0 Å². The Morgan fingerprint density at radius 3 is 2.14 bits per heavy atom. The minimum Gasteiger partial charge on any atom is -0.487 e. The van der Waals surface area contributed by atoms with Gasteiger partial charge in [-0.1, -0.05) is 42.5 Å². The van der Waals surface area contributed by atoms with E-state index in [9.17, 15) is 0 Å². The molecule has 0 spiro atoms. The third kappa shape index (κ3) is 3.74. The van der Waals surface area contributed by atoms with E-state index in [-0.39, 0.29) is 24.8 Å². The number of para-hydroxylation sites is 1. The molecule has 0 aliphatic carbocycles. The molecule has 0 aliphatic rings. The van der Waals surface area contributed by atoms with Gasteiger partial charge in [0.2, 0.25) is 0 Å². The molecule has 21 heavy (non-hydrogen) atoms. The quantitative estimate of drug-likeness (QED) is 0.799. The highest BCUT2D eigenvalue weighted by Crippen LogP contribution is 2.21. The minimum absolute atomic E-state index is 0. The molecule has 0 atom stereocenters. The summed E-state index contributed by atoms with van der Waals surface area (Å²) in [5.74, 6) is 1.25. The number of halogens is 2. The number of benzene rings is 2. The predicted molar refractivity (Wildman–Crippen MR) is 89.2 cm³/mol. The van der Waals surface area contributed by atoms with Crippen LogP contribution in [0.2, 0.25) is 0 Å². The molecule has 2 N–H and O–H groups in total. The lowest BCUT2D eigenvalue weighted by Crippen LogP contribution is -2.03. The number of hydrogen-bond acceptors (Lipinski definition) is 4. The first-order valence-electron chi connectivity index (χ1n) is 6.02. The molecule has 4 nitrogen and oxygen atoms in total. The van der Waals surface area contributed by atoms with Gasteiger partial charge in [0.05, 0.1) is 0 Å². The van der Waals surface area contributed by atoms with Gasteiger partial charge in [-0.2, -0.15) is 0 Å². The Kier molecular flexibility index (Phi) is 6.21. The lowest BCUT2D eigenvalue weighted by molar-refractivity contribution is 0.301. The maximum absolute atomic E-state index is 5.82. The molecule has 1 aromatic heterocycles. The molecule has 0 aliphatic heterocycles.